The van der Waals surface area contributed by atoms with Crippen molar-refractivity contribution in [3.8, 4) is 11.5 Å². The highest BCUT2D eigenvalue weighted by Gasteiger charge is 2.23. The van der Waals surface area contributed by atoms with Crippen LogP contribution in [0.5, 0.6) is 11.5 Å². The molecule has 0 aliphatic carbocycles. The molecule has 0 amide bonds. The fourth-order valence-electron chi connectivity index (χ4n) is 4.21. The van der Waals surface area contributed by atoms with Gasteiger partial charge in [-0.3, -0.25) is 0 Å². The van der Waals surface area contributed by atoms with Crippen molar-refractivity contribution in [1.82, 2.24) is 0 Å². The standard InChI is InChI=1S/C23H34O6/c1-16-8-7-11-19(29-21-12-5-6-13-27-21)10-4-2-3-9-17-14-18(24)15-20(25)22(17)23(26)28-16/h14-16,19,21,24-25H,2-13H2,1H3/t16-,19?,21?/m0/s1. The second-order valence-electron chi connectivity index (χ2n) is 8.30. The van der Waals surface area contributed by atoms with Crippen LogP contribution in [0, 0.1) is 0 Å². The van der Waals surface area contributed by atoms with Crippen molar-refractivity contribution < 1.29 is 29.2 Å². The number of phenols is 2. The molecule has 2 N–H and O–H groups in total. The molecular formula is C23H34O6. The number of carbonyl (C=O) groups excluding carboxylic acids is 1. The van der Waals surface area contributed by atoms with Gasteiger partial charge in [0.25, 0.3) is 0 Å². The van der Waals surface area contributed by atoms with Gasteiger partial charge in [0.05, 0.1) is 12.2 Å². The van der Waals surface area contributed by atoms with Crippen molar-refractivity contribution in [3.63, 3.8) is 0 Å². The third-order valence-corrected chi connectivity index (χ3v) is 5.79. The van der Waals surface area contributed by atoms with E-state index in [0.717, 1.165) is 70.8 Å². The van der Waals surface area contributed by atoms with E-state index in [4.69, 9.17) is 14.2 Å². The van der Waals surface area contributed by atoms with Crippen molar-refractivity contribution in [2.45, 2.75) is 96.1 Å². The maximum Gasteiger partial charge on any atom is 0.342 e. The molecule has 1 aromatic rings. The molecule has 2 unspecified atom stereocenters. The minimum absolute atomic E-state index is 0.0378. The maximum absolute atomic E-state index is 12.6. The van der Waals surface area contributed by atoms with Gasteiger partial charge in [-0.2, -0.15) is 0 Å². The topological polar surface area (TPSA) is 85.2 Å². The Morgan fingerprint density at radius 2 is 1.76 bits per heavy atom. The van der Waals surface area contributed by atoms with Gasteiger partial charge in [-0.05, 0) is 76.3 Å². The quantitative estimate of drug-likeness (QED) is 0.684. The molecule has 3 rings (SSSR count). The summed E-state index contributed by atoms with van der Waals surface area (Å²) < 4.78 is 17.6. The molecule has 0 aromatic heterocycles. The summed E-state index contributed by atoms with van der Waals surface area (Å²) in [5.74, 6) is -0.778. The molecule has 0 saturated carbocycles. The Kier molecular flexibility index (Phi) is 8.19. The predicted molar refractivity (Wildman–Crippen MR) is 109 cm³/mol. The lowest BCUT2D eigenvalue weighted by atomic mass is 9.97. The molecule has 29 heavy (non-hydrogen) atoms. The molecule has 2 aliphatic heterocycles. The van der Waals surface area contributed by atoms with E-state index in [1.165, 1.54) is 6.07 Å². The van der Waals surface area contributed by atoms with Gasteiger partial charge in [0.1, 0.15) is 17.1 Å². The number of phenolic OH excluding ortho intramolecular Hbond substituents is 2. The number of fused-ring (bicyclic) bond motifs is 1. The highest BCUT2D eigenvalue weighted by molar-refractivity contribution is 5.94. The van der Waals surface area contributed by atoms with Gasteiger partial charge in [-0.25, -0.2) is 4.79 Å². The number of carbonyl (C=O) groups is 1. The molecule has 3 atom stereocenters. The Hall–Kier alpha value is -1.79. The van der Waals surface area contributed by atoms with Crippen molar-refractivity contribution in [3.05, 3.63) is 23.3 Å². The summed E-state index contributed by atoms with van der Waals surface area (Å²) in [5.41, 5.74) is 0.822. The summed E-state index contributed by atoms with van der Waals surface area (Å²) in [6, 6.07) is 2.75. The van der Waals surface area contributed by atoms with Crippen molar-refractivity contribution in [2.24, 2.45) is 0 Å². The Morgan fingerprint density at radius 1 is 0.966 bits per heavy atom. The lowest BCUT2D eigenvalue weighted by molar-refractivity contribution is -0.191. The number of esters is 1. The Labute approximate surface area is 173 Å². The molecule has 1 fully saturated rings. The van der Waals surface area contributed by atoms with Gasteiger partial charge in [-0.1, -0.05) is 12.8 Å². The summed E-state index contributed by atoms with van der Waals surface area (Å²) >= 11 is 0. The lowest BCUT2D eigenvalue weighted by Gasteiger charge is -2.28. The van der Waals surface area contributed by atoms with Crippen LogP contribution in [-0.4, -0.2) is 41.3 Å². The highest BCUT2D eigenvalue weighted by atomic mass is 16.7. The monoisotopic (exact) mass is 406 g/mol. The maximum atomic E-state index is 12.6. The van der Waals surface area contributed by atoms with Crippen LogP contribution in [0.4, 0.5) is 0 Å². The Morgan fingerprint density at radius 3 is 2.55 bits per heavy atom. The SMILES string of the molecule is C[C@H]1CCCC(OC2CCCCO2)CCCCCc2cc(O)cc(O)c2C(=O)O1. The van der Waals surface area contributed by atoms with Gasteiger partial charge in [0.15, 0.2) is 6.29 Å². The largest absolute Gasteiger partial charge is 0.508 e. The fraction of sp³-hybridized carbons (Fsp3) is 0.696. The third kappa shape index (κ3) is 6.61. The summed E-state index contributed by atoms with van der Waals surface area (Å²) in [4.78, 5) is 12.6. The summed E-state index contributed by atoms with van der Waals surface area (Å²) in [6.07, 6.45) is 10.1. The molecular weight excluding hydrogens is 372 g/mol. The van der Waals surface area contributed by atoms with Crippen LogP contribution in [0.1, 0.15) is 87.1 Å². The zero-order valence-corrected chi connectivity index (χ0v) is 17.4. The van der Waals surface area contributed by atoms with E-state index in [2.05, 4.69) is 0 Å². The van der Waals surface area contributed by atoms with E-state index in [1.807, 2.05) is 6.92 Å². The number of aromatic hydroxyl groups is 2. The van der Waals surface area contributed by atoms with Crippen LogP contribution in [0.3, 0.4) is 0 Å². The normalized spacial score (nSPS) is 27.5. The first kappa shape index (κ1) is 21.9. The summed E-state index contributed by atoms with van der Waals surface area (Å²) in [5, 5.41) is 20.0. The average Bonchev–Trinajstić information content (AvgIpc) is 2.67. The molecule has 6 heteroatoms. The van der Waals surface area contributed by atoms with Gasteiger partial charge >= 0.3 is 5.97 Å². The highest BCUT2D eigenvalue weighted by Crippen LogP contribution is 2.30. The van der Waals surface area contributed by atoms with Crippen LogP contribution >= 0.6 is 0 Å². The zero-order chi connectivity index (χ0) is 20.6. The first-order chi connectivity index (χ1) is 14.0. The molecule has 0 radical (unpaired) electrons. The van der Waals surface area contributed by atoms with Crippen LogP contribution in [0.2, 0.25) is 0 Å². The smallest absolute Gasteiger partial charge is 0.342 e. The Balaban J connectivity index is 1.66. The third-order valence-electron chi connectivity index (χ3n) is 5.79. The van der Waals surface area contributed by atoms with Gasteiger partial charge < -0.3 is 24.4 Å². The van der Waals surface area contributed by atoms with Crippen molar-refractivity contribution in [2.75, 3.05) is 6.61 Å². The molecule has 1 saturated heterocycles. The number of hydrogen-bond donors (Lipinski definition) is 2. The molecule has 2 heterocycles. The lowest BCUT2D eigenvalue weighted by Crippen LogP contribution is -2.28. The Bertz CT molecular complexity index is 668. The van der Waals surface area contributed by atoms with E-state index >= 15 is 0 Å². The second kappa shape index (κ2) is 10.8. The number of cyclic esters (lactones) is 1. The number of aryl methyl sites for hydroxylation is 1. The number of hydrogen-bond acceptors (Lipinski definition) is 6. The van der Waals surface area contributed by atoms with Crippen LogP contribution in [0.15, 0.2) is 12.1 Å². The van der Waals surface area contributed by atoms with E-state index in [9.17, 15) is 15.0 Å². The van der Waals surface area contributed by atoms with Gasteiger partial charge in [-0.15, -0.1) is 0 Å². The summed E-state index contributed by atoms with van der Waals surface area (Å²) in [6.45, 7) is 2.66. The fourth-order valence-corrected chi connectivity index (χ4v) is 4.21. The predicted octanol–water partition coefficient (Wildman–Crippen LogP) is 4.84. The first-order valence-electron chi connectivity index (χ1n) is 11.1. The molecule has 0 spiro atoms. The second-order valence-corrected chi connectivity index (χ2v) is 8.30. The zero-order valence-electron chi connectivity index (χ0n) is 17.4. The van der Waals surface area contributed by atoms with E-state index in [1.54, 1.807) is 6.07 Å². The van der Waals surface area contributed by atoms with Crippen LogP contribution < -0.4 is 0 Å². The summed E-state index contributed by atoms with van der Waals surface area (Å²) in [7, 11) is 0. The molecule has 2 aliphatic rings. The van der Waals surface area contributed by atoms with E-state index in [-0.39, 0.29) is 35.6 Å². The van der Waals surface area contributed by atoms with Gasteiger partial charge in [0, 0.05) is 12.7 Å². The van der Waals surface area contributed by atoms with E-state index in [0.29, 0.717) is 12.0 Å². The van der Waals surface area contributed by atoms with Crippen LogP contribution in [-0.2, 0) is 20.6 Å². The number of ether oxygens (including phenoxy) is 3. The number of benzene rings is 1. The molecule has 1 aromatic carbocycles. The number of rotatable bonds is 2. The molecule has 0 bridgehead atoms. The molecule has 6 nitrogen and oxygen atoms in total. The minimum atomic E-state index is -0.523. The van der Waals surface area contributed by atoms with Crippen LogP contribution in [0.25, 0.3) is 0 Å². The van der Waals surface area contributed by atoms with Gasteiger partial charge in [0.2, 0.25) is 0 Å². The average molecular weight is 407 g/mol. The van der Waals surface area contributed by atoms with Crippen molar-refractivity contribution in [1.29, 1.82) is 0 Å². The molecule has 162 valence electrons. The first-order valence-corrected chi connectivity index (χ1v) is 11.1. The minimum Gasteiger partial charge on any atom is -0.508 e. The van der Waals surface area contributed by atoms with E-state index < -0.39 is 5.97 Å². The van der Waals surface area contributed by atoms with Crippen molar-refractivity contribution >= 4 is 5.97 Å².